The van der Waals surface area contributed by atoms with Crippen LogP contribution < -0.4 is 15.4 Å². The molecule has 2 aromatic carbocycles. The first kappa shape index (κ1) is 19.8. The molecule has 0 saturated heterocycles. The van der Waals surface area contributed by atoms with E-state index < -0.39 is 0 Å². The van der Waals surface area contributed by atoms with Crippen molar-refractivity contribution >= 4 is 17.4 Å². The molecule has 2 heterocycles. The molecule has 160 valence electrons. The van der Waals surface area contributed by atoms with E-state index in [1.54, 1.807) is 37.5 Å². The molecule has 5 rings (SSSR count). The topological polar surface area (TPSA) is 89.3 Å². The molecule has 1 aliphatic carbocycles. The molecule has 2 N–H and O–H groups in total. The fraction of sp³-hybridized carbons (Fsp3) is 0.160. The van der Waals surface area contributed by atoms with Crippen molar-refractivity contribution in [3.8, 4) is 23.0 Å². The molecule has 7 nitrogen and oxygen atoms in total. The molecule has 2 aromatic heterocycles. The number of nitrogens with one attached hydrogen (secondary N) is 2. The van der Waals surface area contributed by atoms with Crippen LogP contribution in [0.2, 0.25) is 0 Å². The molecular weight excluding hydrogens is 404 g/mol. The maximum Gasteiger partial charge on any atom is 0.319 e. The van der Waals surface area contributed by atoms with Crippen LogP contribution in [0, 0.1) is 0 Å². The third kappa shape index (κ3) is 4.32. The number of carbonyl (C=O) groups excluding carboxylic acids is 1. The summed E-state index contributed by atoms with van der Waals surface area (Å²) in [5.41, 5.74) is 2.94. The van der Waals surface area contributed by atoms with Gasteiger partial charge in [0, 0.05) is 42.0 Å². The van der Waals surface area contributed by atoms with Crippen molar-refractivity contribution in [1.82, 2.24) is 15.3 Å². The van der Waals surface area contributed by atoms with Gasteiger partial charge in [-0.05, 0) is 37.1 Å². The van der Waals surface area contributed by atoms with Gasteiger partial charge in [-0.15, -0.1) is 0 Å². The lowest BCUT2D eigenvalue weighted by atomic mass is 10.2. The second-order valence-electron chi connectivity index (χ2n) is 7.59. The average Bonchev–Trinajstić information content (AvgIpc) is 3.60. The quantitative estimate of drug-likeness (QED) is 0.405. The van der Waals surface area contributed by atoms with Gasteiger partial charge in [0.2, 0.25) is 5.89 Å². The van der Waals surface area contributed by atoms with Crippen LogP contribution in [-0.2, 0) is 0 Å². The van der Waals surface area contributed by atoms with Crippen LogP contribution in [0.25, 0.3) is 11.3 Å². The number of benzene rings is 2. The summed E-state index contributed by atoms with van der Waals surface area (Å²) in [4.78, 5) is 20.9. The lowest BCUT2D eigenvalue weighted by Gasteiger charge is -2.09. The van der Waals surface area contributed by atoms with E-state index in [1.165, 1.54) is 0 Å². The highest BCUT2D eigenvalue weighted by Crippen LogP contribution is 2.44. The molecule has 0 bridgehead atoms. The number of carbonyl (C=O) groups is 1. The minimum absolute atomic E-state index is 0.149. The largest absolute Gasteiger partial charge is 0.424 e. The Morgan fingerprint density at radius 1 is 1.06 bits per heavy atom. The summed E-state index contributed by atoms with van der Waals surface area (Å²) >= 11 is 0. The van der Waals surface area contributed by atoms with E-state index in [2.05, 4.69) is 15.6 Å². The van der Waals surface area contributed by atoms with Gasteiger partial charge in [-0.25, -0.2) is 9.97 Å². The van der Waals surface area contributed by atoms with Crippen LogP contribution in [0.15, 0.2) is 77.3 Å². The molecular formula is C25H22N4O3. The molecule has 1 aliphatic rings. The van der Waals surface area contributed by atoms with Gasteiger partial charge in [0.25, 0.3) is 5.91 Å². The van der Waals surface area contributed by atoms with Crippen LogP contribution in [-0.4, -0.2) is 22.9 Å². The van der Waals surface area contributed by atoms with Crippen LogP contribution in [0.5, 0.6) is 11.7 Å². The predicted octanol–water partition coefficient (Wildman–Crippen LogP) is 5.51. The zero-order valence-electron chi connectivity index (χ0n) is 17.5. The van der Waals surface area contributed by atoms with Crippen molar-refractivity contribution in [1.29, 1.82) is 0 Å². The lowest BCUT2D eigenvalue weighted by molar-refractivity contribution is 0.0963. The monoisotopic (exact) mass is 426 g/mol. The van der Waals surface area contributed by atoms with E-state index in [-0.39, 0.29) is 5.91 Å². The first-order valence-electron chi connectivity index (χ1n) is 10.5. The van der Waals surface area contributed by atoms with Crippen molar-refractivity contribution in [2.24, 2.45) is 0 Å². The van der Waals surface area contributed by atoms with E-state index in [1.807, 2.05) is 42.5 Å². The van der Waals surface area contributed by atoms with Crippen molar-refractivity contribution in [2.45, 2.75) is 18.8 Å². The Hall–Kier alpha value is -4.13. The first-order valence-corrected chi connectivity index (χ1v) is 10.5. The number of aromatic nitrogens is 2. The molecule has 7 heteroatoms. The van der Waals surface area contributed by atoms with Gasteiger partial charge in [-0.2, -0.15) is 0 Å². The summed E-state index contributed by atoms with van der Waals surface area (Å²) in [5.74, 6) is 2.47. The van der Waals surface area contributed by atoms with Gasteiger partial charge < -0.3 is 19.8 Å². The summed E-state index contributed by atoms with van der Waals surface area (Å²) < 4.78 is 12.1. The molecule has 0 unspecified atom stereocenters. The van der Waals surface area contributed by atoms with Crippen molar-refractivity contribution in [3.05, 3.63) is 84.4 Å². The second kappa shape index (κ2) is 8.55. The van der Waals surface area contributed by atoms with Gasteiger partial charge in [0.1, 0.15) is 11.6 Å². The van der Waals surface area contributed by atoms with Gasteiger partial charge in [-0.3, -0.25) is 4.79 Å². The minimum atomic E-state index is -0.149. The summed E-state index contributed by atoms with van der Waals surface area (Å²) in [6, 6.07) is 20.6. The highest BCUT2D eigenvalue weighted by Gasteiger charge is 2.31. The molecule has 1 amide bonds. The Kier molecular flexibility index (Phi) is 5.29. The molecule has 1 saturated carbocycles. The number of hydrogen-bond acceptors (Lipinski definition) is 6. The van der Waals surface area contributed by atoms with Crippen LogP contribution >= 0.6 is 0 Å². The Balaban J connectivity index is 1.40. The van der Waals surface area contributed by atoms with Crippen molar-refractivity contribution in [3.63, 3.8) is 0 Å². The summed E-state index contributed by atoms with van der Waals surface area (Å²) in [6.07, 6.45) is 3.83. The SMILES string of the molecule is CNC(=O)c1cccc(Nc2cc(Oc3oc(C4CC4)nc3-c3ccccc3)ccn2)c1. The minimum Gasteiger partial charge on any atom is -0.424 e. The lowest BCUT2D eigenvalue weighted by Crippen LogP contribution is -2.17. The van der Waals surface area contributed by atoms with Crippen LogP contribution in [0.1, 0.15) is 35.0 Å². The first-order chi connectivity index (χ1) is 15.7. The third-order valence-electron chi connectivity index (χ3n) is 5.15. The smallest absolute Gasteiger partial charge is 0.319 e. The highest BCUT2D eigenvalue weighted by molar-refractivity contribution is 5.95. The Morgan fingerprint density at radius 3 is 2.69 bits per heavy atom. The number of oxazole rings is 1. The Labute approximate surface area is 185 Å². The molecule has 32 heavy (non-hydrogen) atoms. The average molecular weight is 426 g/mol. The molecule has 1 fully saturated rings. The molecule has 4 aromatic rings. The standard InChI is InChI=1S/C25H22N4O3/c1-26-23(30)18-8-5-9-19(14-18)28-21-15-20(12-13-27-21)31-25-22(16-6-3-2-4-7-16)29-24(32-25)17-10-11-17/h2-9,12-15,17H,10-11H2,1H3,(H,26,30)(H,27,28). The van der Waals surface area contributed by atoms with E-state index in [0.717, 1.165) is 30.0 Å². The number of anilines is 2. The van der Waals surface area contributed by atoms with Gasteiger partial charge in [0.05, 0.1) is 0 Å². The highest BCUT2D eigenvalue weighted by atomic mass is 16.6. The number of ether oxygens (including phenoxy) is 1. The Morgan fingerprint density at radius 2 is 1.91 bits per heavy atom. The third-order valence-corrected chi connectivity index (χ3v) is 5.15. The molecule has 0 radical (unpaired) electrons. The number of amides is 1. The molecule has 0 spiro atoms. The van der Waals surface area contributed by atoms with Crippen LogP contribution in [0.3, 0.4) is 0 Å². The second-order valence-corrected chi connectivity index (χ2v) is 7.59. The Bertz CT molecular complexity index is 1250. The van der Waals surface area contributed by atoms with E-state index in [4.69, 9.17) is 14.1 Å². The normalized spacial score (nSPS) is 12.9. The maximum absolute atomic E-state index is 11.9. The summed E-state index contributed by atoms with van der Waals surface area (Å²) in [6.45, 7) is 0. The summed E-state index contributed by atoms with van der Waals surface area (Å²) in [5, 5.41) is 5.83. The van der Waals surface area contributed by atoms with Gasteiger partial charge >= 0.3 is 5.95 Å². The summed E-state index contributed by atoms with van der Waals surface area (Å²) in [7, 11) is 1.60. The fourth-order valence-corrected chi connectivity index (χ4v) is 3.35. The van der Waals surface area contributed by atoms with E-state index >= 15 is 0 Å². The van der Waals surface area contributed by atoms with E-state index in [0.29, 0.717) is 34.7 Å². The van der Waals surface area contributed by atoms with Crippen LogP contribution in [0.4, 0.5) is 11.5 Å². The maximum atomic E-state index is 11.9. The van der Waals surface area contributed by atoms with Gasteiger partial charge in [-0.1, -0.05) is 36.4 Å². The molecule has 0 atom stereocenters. The van der Waals surface area contributed by atoms with Crippen molar-refractivity contribution < 1.29 is 13.9 Å². The number of hydrogen-bond donors (Lipinski definition) is 2. The zero-order valence-corrected chi connectivity index (χ0v) is 17.5. The number of rotatable bonds is 7. The van der Waals surface area contributed by atoms with Crippen molar-refractivity contribution in [2.75, 3.05) is 12.4 Å². The van der Waals surface area contributed by atoms with Gasteiger partial charge in [0.15, 0.2) is 5.69 Å². The number of pyridine rings is 1. The number of nitrogens with zero attached hydrogens (tertiary/aromatic N) is 2. The molecule has 0 aliphatic heterocycles. The fourth-order valence-electron chi connectivity index (χ4n) is 3.35. The predicted molar refractivity (Wildman–Crippen MR) is 121 cm³/mol. The van der Waals surface area contributed by atoms with E-state index in [9.17, 15) is 4.79 Å². The zero-order chi connectivity index (χ0) is 21.9.